The molecule has 0 fully saturated rings. The van der Waals surface area contributed by atoms with Crippen LogP contribution < -0.4 is 15.8 Å². The van der Waals surface area contributed by atoms with Gasteiger partial charge >= 0.3 is 0 Å². The molecular weight excluding hydrogens is 250 g/mol. The maximum Gasteiger partial charge on any atom is 0.213 e. The van der Waals surface area contributed by atoms with Gasteiger partial charge in [-0.25, -0.2) is 9.67 Å². The largest absolute Gasteiger partial charge is 0.481 e. The minimum absolute atomic E-state index is 0.327. The Morgan fingerprint density at radius 3 is 2.72 bits per heavy atom. The Morgan fingerprint density at radius 1 is 1.44 bits per heavy atom. The number of aromatic nitrogens is 3. The lowest BCUT2D eigenvalue weighted by molar-refractivity contribution is 0.373. The van der Waals surface area contributed by atoms with E-state index in [1.165, 1.54) is 0 Å². The second-order valence-corrected chi connectivity index (χ2v) is 4.06. The monoisotopic (exact) mass is 263 g/mol. The van der Waals surface area contributed by atoms with Crippen LogP contribution in [0.5, 0.6) is 5.88 Å². The molecule has 0 atom stereocenters. The van der Waals surface area contributed by atoms with E-state index >= 15 is 0 Å². The predicted molar refractivity (Wildman–Crippen MR) is 73.2 cm³/mol. The number of pyridine rings is 1. The molecule has 2 heterocycles. The Balaban J connectivity index is 2.15. The summed E-state index contributed by atoms with van der Waals surface area (Å²) in [7, 11) is 3.39. The molecule has 0 aromatic carbocycles. The summed E-state index contributed by atoms with van der Waals surface area (Å²) >= 11 is 4.86. The molecule has 0 amide bonds. The van der Waals surface area contributed by atoms with Crippen LogP contribution in [0.3, 0.4) is 0 Å². The van der Waals surface area contributed by atoms with E-state index in [1.54, 1.807) is 43.2 Å². The van der Waals surface area contributed by atoms with Crippen molar-refractivity contribution in [2.24, 2.45) is 12.8 Å². The maximum atomic E-state index is 5.50. The number of ether oxygens (including phenoxy) is 1. The Morgan fingerprint density at radius 2 is 2.22 bits per heavy atom. The molecule has 6 nitrogen and oxygen atoms in total. The topological polar surface area (TPSA) is 78.0 Å². The second kappa shape index (κ2) is 5.01. The van der Waals surface area contributed by atoms with Gasteiger partial charge < -0.3 is 15.8 Å². The Kier molecular flexibility index (Phi) is 3.42. The highest BCUT2D eigenvalue weighted by atomic mass is 32.1. The average molecular weight is 263 g/mol. The number of rotatable bonds is 4. The van der Waals surface area contributed by atoms with Crippen molar-refractivity contribution in [3.05, 3.63) is 30.0 Å². The van der Waals surface area contributed by atoms with Crippen molar-refractivity contribution in [1.29, 1.82) is 0 Å². The summed E-state index contributed by atoms with van der Waals surface area (Å²) in [6.07, 6.45) is 1.62. The lowest BCUT2D eigenvalue weighted by Gasteiger charge is -2.02. The van der Waals surface area contributed by atoms with Crippen LogP contribution in [0.4, 0.5) is 11.6 Å². The average Bonchev–Trinajstić information content (AvgIpc) is 2.70. The number of hydrogen-bond donors (Lipinski definition) is 2. The fraction of sp³-hybridized carbons (Fsp3) is 0.182. The maximum absolute atomic E-state index is 5.50. The summed E-state index contributed by atoms with van der Waals surface area (Å²) in [5.74, 6) is 1.98. The lowest BCUT2D eigenvalue weighted by atomic mass is 10.3. The number of methoxy groups -OCH3 is 1. The normalized spacial score (nSPS) is 10.1. The zero-order valence-electron chi connectivity index (χ0n) is 10.0. The smallest absolute Gasteiger partial charge is 0.213 e. The van der Waals surface area contributed by atoms with Gasteiger partial charge in [0.05, 0.1) is 7.11 Å². The Hall–Kier alpha value is -2.15. The number of aryl methyl sites for hydroxylation is 1. The van der Waals surface area contributed by atoms with E-state index in [4.69, 9.17) is 22.7 Å². The van der Waals surface area contributed by atoms with E-state index in [2.05, 4.69) is 15.4 Å². The molecule has 2 rings (SSSR count). The highest BCUT2D eigenvalue weighted by Crippen LogP contribution is 2.18. The van der Waals surface area contributed by atoms with E-state index in [1.807, 2.05) is 0 Å². The molecule has 0 saturated heterocycles. The fourth-order valence-corrected chi connectivity index (χ4v) is 1.57. The molecular formula is C11H13N5OS. The highest BCUT2D eigenvalue weighted by molar-refractivity contribution is 7.80. The van der Waals surface area contributed by atoms with E-state index in [9.17, 15) is 0 Å². The summed E-state index contributed by atoms with van der Waals surface area (Å²) in [4.78, 5) is 4.52. The van der Waals surface area contributed by atoms with Gasteiger partial charge in [-0.3, -0.25) is 0 Å². The van der Waals surface area contributed by atoms with Crippen LogP contribution in [0.2, 0.25) is 0 Å². The molecule has 2 aromatic heterocycles. The first-order valence-corrected chi connectivity index (χ1v) is 5.62. The summed E-state index contributed by atoms with van der Waals surface area (Å²) < 4.78 is 6.75. The van der Waals surface area contributed by atoms with Gasteiger partial charge in [-0.05, 0) is 12.1 Å². The third-order valence-corrected chi connectivity index (χ3v) is 2.59. The van der Waals surface area contributed by atoms with Gasteiger partial charge in [-0.15, -0.1) is 0 Å². The zero-order valence-corrected chi connectivity index (χ0v) is 10.9. The van der Waals surface area contributed by atoms with Crippen LogP contribution in [-0.4, -0.2) is 26.9 Å². The van der Waals surface area contributed by atoms with Crippen LogP contribution in [0.15, 0.2) is 24.4 Å². The van der Waals surface area contributed by atoms with Crippen molar-refractivity contribution in [1.82, 2.24) is 14.8 Å². The van der Waals surface area contributed by atoms with Crippen molar-refractivity contribution in [3.8, 4) is 5.88 Å². The van der Waals surface area contributed by atoms with Gasteiger partial charge in [0, 0.05) is 24.9 Å². The number of nitrogens with two attached hydrogens (primary N) is 1. The summed E-state index contributed by atoms with van der Waals surface area (Å²) in [5.41, 5.74) is 6.23. The van der Waals surface area contributed by atoms with E-state index in [0.717, 1.165) is 5.56 Å². The number of thiocarbonyl (C=S) groups is 1. The molecule has 0 aliphatic carbocycles. The van der Waals surface area contributed by atoms with Gasteiger partial charge in [0.25, 0.3) is 0 Å². The van der Waals surface area contributed by atoms with E-state index in [-0.39, 0.29) is 0 Å². The second-order valence-electron chi connectivity index (χ2n) is 3.62. The molecule has 3 N–H and O–H groups in total. The summed E-state index contributed by atoms with van der Waals surface area (Å²) in [6, 6.07) is 5.37. The molecule has 94 valence electrons. The standard InChI is InChI=1S/C11H13N5OS/c1-16-10(17-2)5-9(15-16)14-8-4-3-7(6-13-8)11(12)18/h3-6H,1-2H3,(H2,12,18)(H,13,14,15). The molecule has 0 saturated carbocycles. The molecule has 0 radical (unpaired) electrons. The van der Waals surface area contributed by atoms with Crippen molar-refractivity contribution in [2.75, 3.05) is 12.4 Å². The Labute approximate surface area is 110 Å². The van der Waals surface area contributed by atoms with Crippen molar-refractivity contribution >= 4 is 28.8 Å². The molecule has 18 heavy (non-hydrogen) atoms. The van der Waals surface area contributed by atoms with E-state index in [0.29, 0.717) is 22.5 Å². The predicted octanol–water partition coefficient (Wildman–Crippen LogP) is 1.20. The Bertz CT molecular complexity index is 563. The third-order valence-electron chi connectivity index (χ3n) is 2.35. The molecule has 7 heteroatoms. The molecule has 0 unspecified atom stereocenters. The molecule has 0 bridgehead atoms. The molecule has 2 aromatic rings. The minimum Gasteiger partial charge on any atom is -0.481 e. The van der Waals surface area contributed by atoms with Crippen molar-refractivity contribution in [2.45, 2.75) is 0 Å². The lowest BCUT2D eigenvalue weighted by Crippen LogP contribution is -2.09. The van der Waals surface area contributed by atoms with Gasteiger partial charge in [-0.1, -0.05) is 12.2 Å². The minimum atomic E-state index is 0.327. The van der Waals surface area contributed by atoms with Crippen LogP contribution >= 0.6 is 12.2 Å². The van der Waals surface area contributed by atoms with Gasteiger partial charge in [0.2, 0.25) is 5.88 Å². The van der Waals surface area contributed by atoms with Crippen LogP contribution in [0.25, 0.3) is 0 Å². The van der Waals surface area contributed by atoms with Crippen LogP contribution in [-0.2, 0) is 7.05 Å². The van der Waals surface area contributed by atoms with E-state index < -0.39 is 0 Å². The molecule has 0 aliphatic rings. The third kappa shape index (κ3) is 2.57. The van der Waals surface area contributed by atoms with Gasteiger partial charge in [-0.2, -0.15) is 5.10 Å². The molecule has 0 aliphatic heterocycles. The van der Waals surface area contributed by atoms with Crippen molar-refractivity contribution < 1.29 is 4.74 Å². The molecule has 0 spiro atoms. The number of nitrogens with zero attached hydrogens (tertiary/aromatic N) is 3. The van der Waals surface area contributed by atoms with Gasteiger partial charge in [0.15, 0.2) is 5.82 Å². The first-order chi connectivity index (χ1) is 8.60. The van der Waals surface area contributed by atoms with Crippen molar-refractivity contribution in [3.63, 3.8) is 0 Å². The SMILES string of the molecule is COc1cc(Nc2ccc(C(N)=S)cn2)nn1C. The van der Waals surface area contributed by atoms with Gasteiger partial charge in [0.1, 0.15) is 10.8 Å². The summed E-state index contributed by atoms with van der Waals surface area (Å²) in [6.45, 7) is 0. The number of nitrogens with one attached hydrogen (secondary N) is 1. The summed E-state index contributed by atoms with van der Waals surface area (Å²) in [5, 5.41) is 7.28. The fourth-order valence-electron chi connectivity index (χ4n) is 1.45. The highest BCUT2D eigenvalue weighted by Gasteiger charge is 2.05. The van der Waals surface area contributed by atoms with Crippen LogP contribution in [0.1, 0.15) is 5.56 Å². The quantitative estimate of drug-likeness (QED) is 0.807. The zero-order chi connectivity index (χ0) is 13.1. The first kappa shape index (κ1) is 12.3. The number of anilines is 2. The van der Waals surface area contributed by atoms with Crippen LogP contribution in [0, 0.1) is 0 Å². The first-order valence-electron chi connectivity index (χ1n) is 5.21. The number of hydrogen-bond acceptors (Lipinski definition) is 5.